The van der Waals surface area contributed by atoms with Crippen LogP contribution in [0, 0.1) is 0 Å². The second-order valence-electron chi connectivity index (χ2n) is 7.17. The number of likely N-dealkylation sites (tertiary alicyclic amines) is 1. The standard InChI is InChI=1S/C19H28N4O3/c1-5-13-6-7-14(10-17(13)26-4)20-18(24)22-9-8-16-15(11-22)21-19(25)23(16)12(2)3/h6-7,10,12,15-16H,5,8-9,11H2,1-4H3,(H,20,24)(H,21,25)/t15-,16+/m1/s1. The molecule has 142 valence electrons. The molecule has 1 aromatic carbocycles. The lowest BCUT2D eigenvalue weighted by molar-refractivity contribution is 0.138. The van der Waals surface area contributed by atoms with Crippen molar-refractivity contribution in [1.82, 2.24) is 15.1 Å². The number of piperidine rings is 1. The van der Waals surface area contributed by atoms with Crippen molar-refractivity contribution < 1.29 is 14.3 Å². The van der Waals surface area contributed by atoms with E-state index in [-0.39, 0.29) is 30.2 Å². The Morgan fingerprint density at radius 1 is 1.42 bits per heavy atom. The maximum atomic E-state index is 12.7. The Bertz CT molecular complexity index is 691. The molecule has 0 aliphatic carbocycles. The van der Waals surface area contributed by atoms with Gasteiger partial charge in [0.05, 0.1) is 19.2 Å². The number of nitrogens with one attached hydrogen (secondary N) is 2. The van der Waals surface area contributed by atoms with Gasteiger partial charge in [0, 0.05) is 30.9 Å². The minimum atomic E-state index is -0.146. The van der Waals surface area contributed by atoms with Gasteiger partial charge in [-0.3, -0.25) is 0 Å². The summed E-state index contributed by atoms with van der Waals surface area (Å²) < 4.78 is 5.39. The van der Waals surface area contributed by atoms with Crippen LogP contribution in [-0.2, 0) is 6.42 Å². The van der Waals surface area contributed by atoms with Crippen LogP contribution in [0.5, 0.6) is 5.75 Å². The van der Waals surface area contributed by atoms with Crippen molar-refractivity contribution in [3.05, 3.63) is 23.8 Å². The molecular formula is C19H28N4O3. The molecule has 2 aliphatic heterocycles. The molecule has 2 N–H and O–H groups in total. The van der Waals surface area contributed by atoms with Crippen LogP contribution in [0.1, 0.15) is 32.8 Å². The third-order valence-electron chi connectivity index (χ3n) is 5.24. The van der Waals surface area contributed by atoms with E-state index in [0.29, 0.717) is 18.8 Å². The third kappa shape index (κ3) is 3.43. The van der Waals surface area contributed by atoms with Crippen molar-refractivity contribution in [2.75, 3.05) is 25.5 Å². The smallest absolute Gasteiger partial charge is 0.321 e. The van der Waals surface area contributed by atoms with E-state index >= 15 is 0 Å². The van der Waals surface area contributed by atoms with E-state index < -0.39 is 0 Å². The number of carbonyl (C=O) groups is 2. The highest BCUT2D eigenvalue weighted by atomic mass is 16.5. The molecule has 3 rings (SSSR count). The number of hydrogen-bond acceptors (Lipinski definition) is 3. The molecule has 2 fully saturated rings. The topological polar surface area (TPSA) is 73.9 Å². The van der Waals surface area contributed by atoms with Gasteiger partial charge in [0.25, 0.3) is 0 Å². The second kappa shape index (κ2) is 7.43. The quantitative estimate of drug-likeness (QED) is 0.867. The molecule has 0 bridgehead atoms. The highest BCUT2D eigenvalue weighted by Gasteiger charge is 2.44. The normalized spacial score (nSPS) is 22.3. The highest BCUT2D eigenvalue weighted by Crippen LogP contribution is 2.26. The van der Waals surface area contributed by atoms with Gasteiger partial charge < -0.3 is 25.2 Å². The summed E-state index contributed by atoms with van der Waals surface area (Å²) in [5.41, 5.74) is 1.82. The van der Waals surface area contributed by atoms with E-state index in [9.17, 15) is 9.59 Å². The van der Waals surface area contributed by atoms with E-state index in [4.69, 9.17) is 4.74 Å². The van der Waals surface area contributed by atoms with Crippen LogP contribution in [0.15, 0.2) is 18.2 Å². The molecule has 0 spiro atoms. The zero-order valence-corrected chi connectivity index (χ0v) is 15.9. The highest BCUT2D eigenvalue weighted by molar-refractivity contribution is 5.90. The summed E-state index contributed by atoms with van der Waals surface area (Å²) in [4.78, 5) is 28.5. The zero-order valence-electron chi connectivity index (χ0n) is 15.9. The summed E-state index contributed by atoms with van der Waals surface area (Å²) in [5, 5.41) is 5.96. The lowest BCUT2D eigenvalue weighted by atomic mass is 9.99. The molecule has 0 saturated carbocycles. The van der Waals surface area contributed by atoms with E-state index in [1.165, 1.54) is 0 Å². The number of hydrogen-bond donors (Lipinski definition) is 2. The molecule has 7 nitrogen and oxygen atoms in total. The van der Waals surface area contributed by atoms with E-state index in [0.717, 1.165) is 24.2 Å². The summed E-state index contributed by atoms with van der Waals surface area (Å²) in [6.45, 7) is 7.27. The molecular weight excluding hydrogens is 332 g/mol. The summed E-state index contributed by atoms with van der Waals surface area (Å²) in [6, 6.07) is 5.85. The van der Waals surface area contributed by atoms with Gasteiger partial charge in [0.1, 0.15) is 5.75 Å². The summed E-state index contributed by atoms with van der Waals surface area (Å²) in [6.07, 6.45) is 1.66. The largest absolute Gasteiger partial charge is 0.496 e. The first kappa shape index (κ1) is 18.4. The van der Waals surface area contributed by atoms with Crippen LogP contribution in [0.4, 0.5) is 15.3 Å². The SMILES string of the molecule is CCc1ccc(NC(=O)N2CC[C@H]3[C@@H](C2)NC(=O)N3C(C)C)cc1OC. The number of nitrogens with zero attached hydrogens (tertiary/aromatic N) is 2. The van der Waals surface area contributed by atoms with Crippen molar-refractivity contribution in [3.8, 4) is 5.75 Å². The minimum Gasteiger partial charge on any atom is -0.496 e. The number of aryl methyl sites for hydroxylation is 1. The van der Waals surface area contributed by atoms with Crippen LogP contribution in [0.25, 0.3) is 0 Å². The van der Waals surface area contributed by atoms with Gasteiger partial charge in [-0.25, -0.2) is 9.59 Å². The average Bonchev–Trinajstić information content (AvgIpc) is 2.96. The molecule has 4 amide bonds. The fourth-order valence-corrected chi connectivity index (χ4v) is 3.92. The Kier molecular flexibility index (Phi) is 5.25. The Hall–Kier alpha value is -2.44. The molecule has 2 atom stereocenters. The van der Waals surface area contributed by atoms with Gasteiger partial charge in [-0.2, -0.15) is 0 Å². The number of rotatable bonds is 4. The summed E-state index contributed by atoms with van der Waals surface area (Å²) >= 11 is 0. The van der Waals surface area contributed by atoms with Gasteiger partial charge in [-0.15, -0.1) is 0 Å². The molecule has 0 radical (unpaired) electrons. The molecule has 2 saturated heterocycles. The van der Waals surface area contributed by atoms with Crippen molar-refractivity contribution >= 4 is 17.7 Å². The van der Waals surface area contributed by atoms with Crippen LogP contribution in [0.2, 0.25) is 0 Å². The van der Waals surface area contributed by atoms with Gasteiger partial charge in [-0.05, 0) is 38.3 Å². The molecule has 26 heavy (non-hydrogen) atoms. The molecule has 0 unspecified atom stereocenters. The molecule has 2 aliphatic rings. The van der Waals surface area contributed by atoms with Crippen LogP contribution >= 0.6 is 0 Å². The van der Waals surface area contributed by atoms with Crippen LogP contribution < -0.4 is 15.4 Å². The van der Waals surface area contributed by atoms with Gasteiger partial charge in [-0.1, -0.05) is 13.0 Å². The van der Waals surface area contributed by atoms with Crippen LogP contribution in [0.3, 0.4) is 0 Å². The maximum absolute atomic E-state index is 12.7. The summed E-state index contributed by atoms with van der Waals surface area (Å²) in [7, 11) is 1.63. The number of urea groups is 2. The fraction of sp³-hybridized carbons (Fsp3) is 0.579. The van der Waals surface area contributed by atoms with Crippen molar-refractivity contribution in [1.29, 1.82) is 0 Å². The number of carbonyl (C=O) groups excluding carboxylic acids is 2. The Morgan fingerprint density at radius 3 is 2.85 bits per heavy atom. The number of anilines is 1. The predicted molar refractivity (Wildman–Crippen MR) is 101 cm³/mol. The Balaban J connectivity index is 1.65. The molecule has 2 heterocycles. The number of amides is 4. The number of ether oxygens (including phenoxy) is 1. The third-order valence-corrected chi connectivity index (χ3v) is 5.24. The predicted octanol–water partition coefficient (Wildman–Crippen LogP) is 2.67. The van der Waals surface area contributed by atoms with Crippen molar-refractivity contribution in [2.45, 2.75) is 51.7 Å². The van der Waals surface area contributed by atoms with Crippen LogP contribution in [-0.4, -0.2) is 60.2 Å². The van der Waals surface area contributed by atoms with Crippen molar-refractivity contribution in [2.24, 2.45) is 0 Å². The van der Waals surface area contributed by atoms with Gasteiger partial charge in [0.15, 0.2) is 0 Å². The first-order valence-electron chi connectivity index (χ1n) is 9.26. The zero-order chi connectivity index (χ0) is 18.8. The number of benzene rings is 1. The van der Waals surface area contributed by atoms with E-state index in [1.54, 1.807) is 12.0 Å². The molecule has 7 heteroatoms. The lowest BCUT2D eigenvalue weighted by Crippen LogP contribution is -2.54. The monoisotopic (exact) mass is 360 g/mol. The van der Waals surface area contributed by atoms with Crippen molar-refractivity contribution in [3.63, 3.8) is 0 Å². The summed E-state index contributed by atoms with van der Waals surface area (Å²) in [5.74, 6) is 0.777. The Morgan fingerprint density at radius 2 is 2.19 bits per heavy atom. The Labute approximate surface area is 154 Å². The van der Waals surface area contributed by atoms with E-state index in [1.807, 2.05) is 36.9 Å². The molecule has 1 aromatic rings. The van der Waals surface area contributed by atoms with Gasteiger partial charge in [0.2, 0.25) is 0 Å². The number of fused-ring (bicyclic) bond motifs is 1. The number of methoxy groups -OCH3 is 1. The molecule has 0 aromatic heterocycles. The van der Waals surface area contributed by atoms with Gasteiger partial charge >= 0.3 is 12.1 Å². The second-order valence-corrected chi connectivity index (χ2v) is 7.17. The van der Waals surface area contributed by atoms with E-state index in [2.05, 4.69) is 17.6 Å². The maximum Gasteiger partial charge on any atom is 0.321 e. The first-order chi connectivity index (χ1) is 12.4. The first-order valence-corrected chi connectivity index (χ1v) is 9.26. The minimum absolute atomic E-state index is 0.0126. The average molecular weight is 360 g/mol. The fourth-order valence-electron chi connectivity index (χ4n) is 3.92. The lowest BCUT2D eigenvalue weighted by Gasteiger charge is -2.37.